The molecule has 0 aromatic carbocycles. The van der Waals surface area contributed by atoms with E-state index in [1.807, 2.05) is 11.8 Å². The number of rotatable bonds is 1. The molecule has 0 saturated heterocycles. The maximum atomic E-state index is 5.33. The summed E-state index contributed by atoms with van der Waals surface area (Å²) >= 11 is 2.00. The Morgan fingerprint density at radius 2 is 2.11 bits per heavy atom. The van der Waals surface area contributed by atoms with Gasteiger partial charge in [-0.15, -0.1) is 11.8 Å². The van der Waals surface area contributed by atoms with Crippen molar-refractivity contribution in [3.8, 4) is 0 Å². The Kier molecular flexibility index (Phi) is 2.21. The van der Waals surface area contributed by atoms with Gasteiger partial charge in [-0.1, -0.05) is 36.5 Å². The molecule has 1 heterocycles. The number of hydrogen-bond donors (Lipinski definition) is 0. The van der Waals surface area contributed by atoms with E-state index in [-0.39, 0.29) is 0 Å². The molecule has 18 heavy (non-hydrogen) atoms. The van der Waals surface area contributed by atoms with Crippen molar-refractivity contribution in [1.82, 2.24) is 0 Å². The molecule has 0 aromatic rings. The molecule has 4 rings (SSSR count). The van der Waals surface area contributed by atoms with Gasteiger partial charge in [0.2, 0.25) is 0 Å². The number of fused-ring (bicyclic) bond motifs is 4. The summed E-state index contributed by atoms with van der Waals surface area (Å²) in [6, 6.07) is 0. The number of methoxy groups -OCH3 is 1. The third kappa shape index (κ3) is 1.36. The third-order valence-corrected chi connectivity index (χ3v) is 5.40. The monoisotopic (exact) mass is 254 g/mol. The zero-order chi connectivity index (χ0) is 12.1. The van der Waals surface area contributed by atoms with Crippen molar-refractivity contribution in [2.75, 3.05) is 7.11 Å². The standard InChI is InChI=1S/C16H14OS/c1-17-11-6-7-13-14-8-10-4-2-3-5-12(10)16(14)18-15(13)9-11/h2-9,12-13,15H,1H3. The molecule has 0 radical (unpaired) electrons. The second kappa shape index (κ2) is 3.79. The molecule has 3 aliphatic carbocycles. The number of allylic oxidation sites excluding steroid dienone is 10. The number of hydrogen-bond acceptors (Lipinski definition) is 2. The van der Waals surface area contributed by atoms with E-state index in [0.717, 1.165) is 5.76 Å². The number of thioether (sulfide) groups is 1. The predicted octanol–water partition coefficient (Wildman–Crippen LogP) is 3.75. The lowest BCUT2D eigenvalue weighted by molar-refractivity contribution is 0.303. The molecule has 0 aromatic heterocycles. The molecular formula is C16H14OS. The zero-order valence-electron chi connectivity index (χ0n) is 10.2. The van der Waals surface area contributed by atoms with Crippen molar-refractivity contribution < 1.29 is 4.74 Å². The fourth-order valence-corrected chi connectivity index (χ4v) is 4.64. The maximum Gasteiger partial charge on any atom is 0.115 e. The van der Waals surface area contributed by atoms with Crippen LogP contribution in [0.2, 0.25) is 0 Å². The number of ether oxygens (including phenoxy) is 1. The average molecular weight is 254 g/mol. The first-order valence-corrected chi connectivity index (χ1v) is 7.16. The molecule has 0 spiro atoms. The van der Waals surface area contributed by atoms with Crippen LogP contribution in [0.4, 0.5) is 0 Å². The van der Waals surface area contributed by atoms with Crippen molar-refractivity contribution in [3.63, 3.8) is 0 Å². The predicted molar refractivity (Wildman–Crippen MR) is 76.0 cm³/mol. The quantitative estimate of drug-likeness (QED) is 0.704. The van der Waals surface area contributed by atoms with Crippen LogP contribution in [0.1, 0.15) is 0 Å². The average Bonchev–Trinajstić information content (AvgIpc) is 2.93. The van der Waals surface area contributed by atoms with Gasteiger partial charge >= 0.3 is 0 Å². The van der Waals surface area contributed by atoms with Crippen molar-refractivity contribution in [1.29, 1.82) is 0 Å². The highest BCUT2D eigenvalue weighted by atomic mass is 32.2. The van der Waals surface area contributed by atoms with Crippen molar-refractivity contribution in [3.05, 3.63) is 70.4 Å². The molecule has 1 aliphatic heterocycles. The summed E-state index contributed by atoms with van der Waals surface area (Å²) in [5, 5.41) is 0.520. The van der Waals surface area contributed by atoms with Gasteiger partial charge in [-0.05, 0) is 23.3 Å². The van der Waals surface area contributed by atoms with Crippen LogP contribution in [0.3, 0.4) is 0 Å². The second-order valence-corrected chi connectivity index (χ2v) is 6.15. The summed E-state index contributed by atoms with van der Waals surface area (Å²) in [6.07, 6.45) is 17.9. The third-order valence-electron chi connectivity index (χ3n) is 3.96. The van der Waals surface area contributed by atoms with E-state index in [1.54, 1.807) is 12.0 Å². The van der Waals surface area contributed by atoms with Crippen molar-refractivity contribution in [2.24, 2.45) is 11.8 Å². The Morgan fingerprint density at radius 3 is 3.00 bits per heavy atom. The molecule has 90 valence electrons. The largest absolute Gasteiger partial charge is 0.497 e. The Morgan fingerprint density at radius 1 is 1.17 bits per heavy atom. The second-order valence-electron chi connectivity index (χ2n) is 4.93. The molecule has 0 bridgehead atoms. The zero-order valence-corrected chi connectivity index (χ0v) is 11.0. The van der Waals surface area contributed by atoms with Gasteiger partial charge in [0.1, 0.15) is 5.76 Å². The smallest absolute Gasteiger partial charge is 0.115 e. The lowest BCUT2D eigenvalue weighted by Gasteiger charge is -2.21. The molecular weight excluding hydrogens is 240 g/mol. The van der Waals surface area contributed by atoms with Gasteiger partial charge < -0.3 is 4.74 Å². The van der Waals surface area contributed by atoms with E-state index >= 15 is 0 Å². The minimum absolute atomic E-state index is 0.508. The van der Waals surface area contributed by atoms with Crippen LogP contribution >= 0.6 is 11.8 Å². The Labute approximate surface area is 111 Å². The van der Waals surface area contributed by atoms with Gasteiger partial charge in [0.25, 0.3) is 0 Å². The minimum Gasteiger partial charge on any atom is -0.497 e. The van der Waals surface area contributed by atoms with Gasteiger partial charge in [0.15, 0.2) is 0 Å². The van der Waals surface area contributed by atoms with Gasteiger partial charge in [-0.3, -0.25) is 0 Å². The molecule has 0 fully saturated rings. The minimum atomic E-state index is 0.508. The first-order valence-electron chi connectivity index (χ1n) is 6.28. The van der Waals surface area contributed by atoms with Crippen LogP contribution < -0.4 is 0 Å². The SMILES string of the molecule is COC1=CC2SC3=C(C=C4C=CC=CC43)C2C=C1. The van der Waals surface area contributed by atoms with Crippen LogP contribution in [0.25, 0.3) is 0 Å². The Bertz CT molecular complexity index is 586. The van der Waals surface area contributed by atoms with E-state index in [4.69, 9.17) is 4.74 Å². The first-order chi connectivity index (χ1) is 8.86. The Balaban J connectivity index is 1.72. The summed E-state index contributed by atoms with van der Waals surface area (Å²) in [5.74, 6) is 2.03. The van der Waals surface area contributed by atoms with Gasteiger partial charge in [-0.2, -0.15) is 0 Å². The lowest BCUT2D eigenvalue weighted by Crippen LogP contribution is -2.14. The summed E-state index contributed by atoms with van der Waals surface area (Å²) in [6.45, 7) is 0. The molecule has 2 heteroatoms. The summed E-state index contributed by atoms with van der Waals surface area (Å²) in [4.78, 5) is 1.54. The highest BCUT2D eigenvalue weighted by Gasteiger charge is 2.40. The highest BCUT2D eigenvalue weighted by Crippen LogP contribution is 2.55. The summed E-state index contributed by atoms with van der Waals surface area (Å²) in [7, 11) is 1.74. The van der Waals surface area contributed by atoms with Crippen LogP contribution in [0.5, 0.6) is 0 Å². The first kappa shape index (κ1) is 10.5. The highest BCUT2D eigenvalue weighted by molar-refractivity contribution is 8.04. The fraction of sp³-hybridized carbons (Fsp3) is 0.250. The van der Waals surface area contributed by atoms with Crippen molar-refractivity contribution in [2.45, 2.75) is 5.25 Å². The molecule has 4 aliphatic rings. The van der Waals surface area contributed by atoms with E-state index in [9.17, 15) is 0 Å². The maximum absolute atomic E-state index is 5.33. The molecule has 0 N–H and O–H groups in total. The summed E-state index contributed by atoms with van der Waals surface area (Å²) in [5.41, 5.74) is 2.97. The van der Waals surface area contributed by atoms with Crippen LogP contribution in [0, 0.1) is 11.8 Å². The summed E-state index contributed by atoms with van der Waals surface area (Å²) < 4.78 is 5.33. The van der Waals surface area contributed by atoms with Gasteiger partial charge in [0.05, 0.1) is 7.11 Å². The van der Waals surface area contributed by atoms with Crippen LogP contribution in [-0.2, 0) is 4.74 Å². The molecule has 1 nitrogen and oxygen atoms in total. The molecule has 0 amide bonds. The van der Waals surface area contributed by atoms with Crippen LogP contribution in [-0.4, -0.2) is 12.4 Å². The fourth-order valence-electron chi connectivity index (χ4n) is 3.07. The van der Waals surface area contributed by atoms with E-state index in [1.165, 1.54) is 11.1 Å². The lowest BCUT2D eigenvalue weighted by atomic mass is 9.92. The normalized spacial score (nSPS) is 35.1. The van der Waals surface area contributed by atoms with E-state index in [2.05, 4.69) is 48.6 Å². The molecule has 3 atom stereocenters. The van der Waals surface area contributed by atoms with Crippen molar-refractivity contribution >= 4 is 11.8 Å². The van der Waals surface area contributed by atoms with Gasteiger partial charge in [0, 0.05) is 22.0 Å². The van der Waals surface area contributed by atoms with Crippen LogP contribution in [0.15, 0.2) is 70.4 Å². The molecule has 0 saturated carbocycles. The topological polar surface area (TPSA) is 9.23 Å². The van der Waals surface area contributed by atoms with E-state index in [0.29, 0.717) is 17.1 Å². The Hall–Kier alpha value is -1.41. The van der Waals surface area contributed by atoms with E-state index < -0.39 is 0 Å². The van der Waals surface area contributed by atoms with Gasteiger partial charge in [-0.25, -0.2) is 0 Å². The molecule has 3 unspecified atom stereocenters.